The highest BCUT2D eigenvalue weighted by Gasteiger charge is 2.26. The fourth-order valence-corrected chi connectivity index (χ4v) is 4.37. The summed E-state index contributed by atoms with van der Waals surface area (Å²) in [6.07, 6.45) is 9.20. The van der Waals surface area contributed by atoms with Crippen molar-refractivity contribution < 1.29 is 0 Å². The molecule has 4 heteroatoms. The second-order valence-electron chi connectivity index (χ2n) is 8.15. The zero-order valence-electron chi connectivity index (χ0n) is 17.1. The number of hydrogen-bond acceptors (Lipinski definition) is 4. The minimum atomic E-state index is 0.593. The van der Waals surface area contributed by atoms with Gasteiger partial charge in [0.1, 0.15) is 0 Å². The Morgan fingerprint density at radius 2 is 1.47 bits per heavy atom. The highest BCUT2D eigenvalue weighted by Crippen LogP contribution is 2.30. The lowest BCUT2D eigenvalue weighted by Crippen LogP contribution is -2.35. The number of benzene rings is 2. The van der Waals surface area contributed by atoms with Crippen molar-refractivity contribution in [3.05, 3.63) is 90.4 Å². The highest BCUT2D eigenvalue weighted by molar-refractivity contribution is 5.99. The summed E-state index contributed by atoms with van der Waals surface area (Å²) in [6.45, 7) is 3.33. The van der Waals surface area contributed by atoms with Crippen LogP contribution in [0, 0.1) is 5.92 Å². The van der Waals surface area contributed by atoms with Gasteiger partial charge in [-0.2, -0.15) is 0 Å². The molecule has 1 fully saturated rings. The third kappa shape index (κ3) is 4.24. The Bertz CT molecular complexity index is 1030. The number of likely N-dealkylation sites (tertiary alicyclic amines) is 1. The van der Waals surface area contributed by atoms with Gasteiger partial charge >= 0.3 is 0 Å². The zero-order chi connectivity index (χ0) is 20.2. The van der Waals surface area contributed by atoms with Crippen LogP contribution in [0.15, 0.2) is 84.2 Å². The molecule has 1 aromatic heterocycles. The largest absolute Gasteiger partial charge is 0.299 e. The minimum Gasteiger partial charge on any atom is -0.299 e. The van der Waals surface area contributed by atoms with E-state index >= 15 is 0 Å². The van der Waals surface area contributed by atoms with E-state index < -0.39 is 0 Å². The first kappa shape index (κ1) is 18.9. The molecule has 2 aliphatic rings. The fourth-order valence-electron chi connectivity index (χ4n) is 4.37. The summed E-state index contributed by atoms with van der Waals surface area (Å²) in [5, 5.41) is 0. The van der Waals surface area contributed by atoms with E-state index in [1.807, 2.05) is 48.9 Å². The molecule has 0 unspecified atom stereocenters. The second kappa shape index (κ2) is 8.72. The first-order valence-electron chi connectivity index (χ1n) is 10.7. The van der Waals surface area contributed by atoms with Gasteiger partial charge in [-0.15, -0.1) is 0 Å². The van der Waals surface area contributed by atoms with Gasteiger partial charge < -0.3 is 0 Å². The molecule has 0 N–H and O–H groups in total. The van der Waals surface area contributed by atoms with E-state index in [2.05, 4.69) is 45.2 Å². The summed E-state index contributed by atoms with van der Waals surface area (Å²) >= 11 is 0. The molecular weight excluding hydrogens is 368 g/mol. The summed E-state index contributed by atoms with van der Waals surface area (Å²) < 4.78 is 0. The van der Waals surface area contributed by atoms with Crippen molar-refractivity contribution in [2.45, 2.75) is 25.8 Å². The lowest BCUT2D eigenvalue weighted by molar-refractivity contribution is 0.201. The van der Waals surface area contributed by atoms with Crippen LogP contribution in [0.2, 0.25) is 0 Å². The maximum atomic E-state index is 4.79. The number of nitrogens with zero attached hydrogens (tertiary/aromatic N) is 4. The van der Waals surface area contributed by atoms with E-state index in [1.54, 1.807) is 0 Å². The summed E-state index contributed by atoms with van der Waals surface area (Å²) in [7, 11) is 0. The molecule has 0 atom stereocenters. The standard InChI is InChI=1S/C26H26N4/c1-3-7-20(8-4-1)19-30-13-11-21(12-14-30)25-15-23(16-27-25)24-17-28-26(29-18-24)22-9-5-2-6-10-22/h1-10,16-18,21H,11-15,19H2. The summed E-state index contributed by atoms with van der Waals surface area (Å²) in [5.41, 5.74) is 6.09. The zero-order valence-corrected chi connectivity index (χ0v) is 17.1. The molecule has 4 nitrogen and oxygen atoms in total. The Morgan fingerprint density at radius 3 is 2.17 bits per heavy atom. The van der Waals surface area contributed by atoms with Crippen LogP contribution in [0.4, 0.5) is 0 Å². The van der Waals surface area contributed by atoms with Gasteiger partial charge in [-0.1, -0.05) is 60.7 Å². The normalized spacial score (nSPS) is 17.6. The quantitative estimate of drug-likeness (QED) is 0.594. The number of aromatic nitrogens is 2. The van der Waals surface area contributed by atoms with Gasteiger partial charge in [0, 0.05) is 54.3 Å². The molecule has 2 aromatic carbocycles. The average Bonchev–Trinajstić information content (AvgIpc) is 3.31. The summed E-state index contributed by atoms with van der Waals surface area (Å²) in [6, 6.07) is 20.9. The maximum absolute atomic E-state index is 4.79. The predicted molar refractivity (Wildman–Crippen MR) is 122 cm³/mol. The van der Waals surface area contributed by atoms with Gasteiger partial charge in [0.25, 0.3) is 0 Å². The van der Waals surface area contributed by atoms with E-state index in [1.165, 1.54) is 29.7 Å². The van der Waals surface area contributed by atoms with Crippen LogP contribution in [0.25, 0.3) is 17.0 Å². The molecule has 0 saturated carbocycles. The van der Waals surface area contributed by atoms with Gasteiger partial charge in [0.2, 0.25) is 0 Å². The Labute approximate surface area is 178 Å². The highest BCUT2D eigenvalue weighted by atomic mass is 15.1. The van der Waals surface area contributed by atoms with Crippen molar-refractivity contribution in [3.8, 4) is 11.4 Å². The molecule has 150 valence electrons. The van der Waals surface area contributed by atoms with Gasteiger partial charge in [-0.25, -0.2) is 9.97 Å². The number of piperidine rings is 1. The van der Waals surface area contributed by atoms with Gasteiger partial charge in [0.05, 0.1) is 0 Å². The van der Waals surface area contributed by atoms with E-state index in [0.29, 0.717) is 5.92 Å². The molecule has 3 aromatic rings. The maximum Gasteiger partial charge on any atom is 0.159 e. The Balaban J connectivity index is 1.15. The molecule has 0 aliphatic carbocycles. The van der Waals surface area contributed by atoms with E-state index in [4.69, 9.17) is 4.99 Å². The van der Waals surface area contributed by atoms with Crippen LogP contribution in [-0.2, 0) is 6.54 Å². The van der Waals surface area contributed by atoms with E-state index in [9.17, 15) is 0 Å². The molecule has 0 spiro atoms. The smallest absolute Gasteiger partial charge is 0.159 e. The lowest BCUT2D eigenvalue weighted by atomic mass is 9.88. The van der Waals surface area contributed by atoms with E-state index in [0.717, 1.165) is 43.0 Å². The Morgan fingerprint density at radius 1 is 0.800 bits per heavy atom. The molecule has 0 amide bonds. The van der Waals surface area contributed by atoms with Crippen molar-refractivity contribution in [1.29, 1.82) is 0 Å². The minimum absolute atomic E-state index is 0.593. The Hall–Kier alpha value is -3.11. The van der Waals surface area contributed by atoms with Crippen LogP contribution in [-0.4, -0.2) is 33.7 Å². The topological polar surface area (TPSA) is 41.4 Å². The van der Waals surface area contributed by atoms with Crippen LogP contribution < -0.4 is 0 Å². The van der Waals surface area contributed by atoms with Crippen molar-refractivity contribution >= 4 is 11.3 Å². The number of hydrogen-bond donors (Lipinski definition) is 0. The third-order valence-electron chi connectivity index (χ3n) is 6.12. The van der Waals surface area contributed by atoms with Gasteiger partial charge in [-0.3, -0.25) is 9.89 Å². The van der Waals surface area contributed by atoms with Crippen LogP contribution in [0.1, 0.15) is 30.4 Å². The van der Waals surface area contributed by atoms with Gasteiger partial charge in [0.15, 0.2) is 5.82 Å². The SMILES string of the molecule is C1=C(c2cnc(-c3ccccc3)nc2)CC(C2CCN(Cc3ccccc3)CC2)=N1. The third-order valence-corrected chi connectivity index (χ3v) is 6.12. The van der Waals surface area contributed by atoms with Crippen molar-refractivity contribution in [1.82, 2.24) is 14.9 Å². The van der Waals surface area contributed by atoms with Crippen molar-refractivity contribution in [2.75, 3.05) is 13.1 Å². The number of rotatable bonds is 5. The molecule has 2 aliphatic heterocycles. The Kier molecular flexibility index (Phi) is 5.49. The van der Waals surface area contributed by atoms with Gasteiger partial charge in [-0.05, 0) is 37.1 Å². The molecular formula is C26H26N4. The molecule has 1 saturated heterocycles. The van der Waals surface area contributed by atoms with Crippen molar-refractivity contribution in [3.63, 3.8) is 0 Å². The van der Waals surface area contributed by atoms with E-state index in [-0.39, 0.29) is 0 Å². The number of allylic oxidation sites excluding steroid dienone is 1. The fraction of sp³-hybridized carbons (Fsp3) is 0.269. The van der Waals surface area contributed by atoms with Crippen molar-refractivity contribution in [2.24, 2.45) is 10.9 Å². The molecule has 30 heavy (non-hydrogen) atoms. The van der Waals surface area contributed by atoms with Crippen LogP contribution >= 0.6 is 0 Å². The molecule has 0 bridgehead atoms. The predicted octanol–water partition coefficient (Wildman–Crippen LogP) is 5.24. The first-order chi connectivity index (χ1) is 14.8. The second-order valence-corrected chi connectivity index (χ2v) is 8.15. The summed E-state index contributed by atoms with van der Waals surface area (Å²) in [4.78, 5) is 16.5. The number of aliphatic imine (C=N–C) groups is 1. The molecule has 5 rings (SSSR count). The summed E-state index contributed by atoms with van der Waals surface area (Å²) in [5.74, 6) is 1.36. The average molecular weight is 395 g/mol. The lowest BCUT2D eigenvalue weighted by Gasteiger charge is -2.32. The van der Waals surface area contributed by atoms with Crippen LogP contribution in [0.5, 0.6) is 0 Å². The monoisotopic (exact) mass is 394 g/mol. The molecule has 3 heterocycles. The van der Waals surface area contributed by atoms with Crippen LogP contribution in [0.3, 0.4) is 0 Å². The first-order valence-corrected chi connectivity index (χ1v) is 10.7. The molecule has 0 radical (unpaired) electrons.